The molecular weight excluding hydrogens is 216 g/mol. The van der Waals surface area contributed by atoms with Crippen LogP contribution in [0.5, 0.6) is 0 Å². The summed E-state index contributed by atoms with van der Waals surface area (Å²) in [4.78, 5) is 0. The van der Waals surface area contributed by atoms with Crippen LogP contribution in [0.2, 0.25) is 0 Å². The number of alkyl halides is 1. The quantitative estimate of drug-likeness (QED) is 0.635. The normalized spacial score (nSPS) is 62.5. The second kappa shape index (κ2) is 2.09. The minimum atomic E-state index is -0.284. The Morgan fingerprint density at radius 2 is 1.67 bits per heavy atom. The fourth-order valence-corrected chi connectivity index (χ4v) is 5.54. The van der Waals surface area contributed by atoms with Gasteiger partial charge in [-0.15, -0.1) is 0 Å². The standard InChI is InChI=1S/C10H15BrO/c11-9-2-7-1-8(3-9)5-10(12,4-7)6-9/h7-8,12H,1-6H2/t7-,8+,9?,10?. The zero-order chi connectivity index (χ0) is 8.40. The van der Waals surface area contributed by atoms with Gasteiger partial charge in [0.25, 0.3) is 0 Å². The van der Waals surface area contributed by atoms with Crippen molar-refractivity contribution in [2.24, 2.45) is 11.8 Å². The molecule has 0 radical (unpaired) electrons. The number of halogens is 1. The van der Waals surface area contributed by atoms with Crippen LogP contribution in [0.3, 0.4) is 0 Å². The highest BCUT2D eigenvalue weighted by atomic mass is 79.9. The van der Waals surface area contributed by atoms with Gasteiger partial charge in [0.1, 0.15) is 0 Å². The Hall–Kier alpha value is 0.440. The Kier molecular flexibility index (Phi) is 1.36. The van der Waals surface area contributed by atoms with E-state index in [2.05, 4.69) is 15.9 Å². The molecular formula is C10H15BrO. The summed E-state index contributed by atoms with van der Waals surface area (Å²) in [6, 6.07) is 0. The second-order valence-corrected chi connectivity index (χ2v) is 7.02. The van der Waals surface area contributed by atoms with Gasteiger partial charge in [-0.1, -0.05) is 15.9 Å². The Bertz CT molecular complexity index is 192. The van der Waals surface area contributed by atoms with Crippen molar-refractivity contribution in [3.63, 3.8) is 0 Å². The molecule has 4 atom stereocenters. The molecule has 1 N–H and O–H groups in total. The molecule has 0 heterocycles. The number of hydrogen-bond donors (Lipinski definition) is 1. The van der Waals surface area contributed by atoms with Gasteiger partial charge < -0.3 is 5.11 Å². The van der Waals surface area contributed by atoms with Gasteiger partial charge in [-0.25, -0.2) is 0 Å². The first-order valence-corrected chi connectivity index (χ1v) is 5.78. The fourth-order valence-electron chi connectivity index (χ4n) is 4.10. The van der Waals surface area contributed by atoms with Crippen LogP contribution in [0.15, 0.2) is 0 Å². The summed E-state index contributed by atoms with van der Waals surface area (Å²) in [5.74, 6) is 1.63. The van der Waals surface area contributed by atoms with E-state index in [1.54, 1.807) is 0 Å². The fraction of sp³-hybridized carbons (Fsp3) is 1.00. The van der Waals surface area contributed by atoms with E-state index < -0.39 is 0 Å². The molecule has 4 rings (SSSR count). The van der Waals surface area contributed by atoms with Gasteiger partial charge in [-0.2, -0.15) is 0 Å². The summed E-state index contributed by atoms with van der Waals surface area (Å²) in [5.41, 5.74) is -0.284. The van der Waals surface area contributed by atoms with Crippen molar-refractivity contribution >= 4 is 15.9 Å². The Labute approximate surface area is 81.7 Å². The smallest absolute Gasteiger partial charge is 0.0666 e. The lowest BCUT2D eigenvalue weighted by Crippen LogP contribution is -2.56. The summed E-state index contributed by atoms with van der Waals surface area (Å²) in [5, 5.41) is 10.2. The van der Waals surface area contributed by atoms with Crippen molar-refractivity contribution in [1.29, 1.82) is 0 Å². The van der Waals surface area contributed by atoms with E-state index in [1.165, 1.54) is 19.3 Å². The lowest BCUT2D eigenvalue weighted by Gasteiger charge is -2.58. The highest BCUT2D eigenvalue weighted by Gasteiger charge is 2.56. The van der Waals surface area contributed by atoms with E-state index in [0.717, 1.165) is 31.1 Å². The van der Waals surface area contributed by atoms with Crippen LogP contribution < -0.4 is 0 Å². The van der Waals surface area contributed by atoms with E-state index in [4.69, 9.17) is 0 Å². The molecule has 4 aliphatic rings. The molecule has 4 fully saturated rings. The molecule has 0 spiro atoms. The van der Waals surface area contributed by atoms with E-state index in [9.17, 15) is 5.11 Å². The van der Waals surface area contributed by atoms with Crippen LogP contribution in [-0.2, 0) is 0 Å². The molecule has 0 saturated heterocycles. The summed E-state index contributed by atoms with van der Waals surface area (Å²) >= 11 is 3.83. The number of hydrogen-bond acceptors (Lipinski definition) is 1. The SMILES string of the molecule is OC12C[C@H]3C[C@@H](C1)CC(Br)(C3)C2. The zero-order valence-electron chi connectivity index (χ0n) is 7.22. The molecule has 12 heavy (non-hydrogen) atoms. The third-order valence-corrected chi connectivity index (χ3v) is 4.89. The van der Waals surface area contributed by atoms with Crippen LogP contribution in [-0.4, -0.2) is 15.0 Å². The molecule has 0 aliphatic heterocycles. The predicted molar refractivity (Wildman–Crippen MR) is 51.3 cm³/mol. The van der Waals surface area contributed by atoms with Crippen molar-refractivity contribution < 1.29 is 5.11 Å². The summed E-state index contributed by atoms with van der Waals surface area (Å²) in [6.07, 6.45) is 7.17. The molecule has 1 nitrogen and oxygen atoms in total. The average molecular weight is 231 g/mol. The van der Waals surface area contributed by atoms with Crippen molar-refractivity contribution in [1.82, 2.24) is 0 Å². The van der Waals surface area contributed by atoms with Gasteiger partial charge in [-0.05, 0) is 50.4 Å². The Morgan fingerprint density at radius 1 is 1.08 bits per heavy atom. The number of rotatable bonds is 0. The maximum atomic E-state index is 10.2. The largest absolute Gasteiger partial charge is 0.390 e. The van der Waals surface area contributed by atoms with Crippen LogP contribution >= 0.6 is 15.9 Å². The molecule has 2 unspecified atom stereocenters. The lowest BCUT2D eigenvalue weighted by atomic mass is 9.54. The minimum Gasteiger partial charge on any atom is -0.390 e. The van der Waals surface area contributed by atoms with Gasteiger partial charge in [0.15, 0.2) is 0 Å². The molecule has 0 aromatic rings. The highest BCUT2D eigenvalue weighted by Crippen LogP contribution is 2.60. The van der Waals surface area contributed by atoms with Gasteiger partial charge in [-0.3, -0.25) is 0 Å². The minimum absolute atomic E-state index is 0.284. The molecule has 4 bridgehead atoms. The van der Waals surface area contributed by atoms with E-state index >= 15 is 0 Å². The summed E-state index contributed by atoms with van der Waals surface area (Å²) < 4.78 is 0.325. The predicted octanol–water partition coefficient (Wildman–Crippen LogP) is 2.47. The molecule has 0 aromatic heterocycles. The van der Waals surface area contributed by atoms with E-state index in [-0.39, 0.29) is 5.60 Å². The first-order valence-electron chi connectivity index (χ1n) is 4.98. The van der Waals surface area contributed by atoms with Crippen molar-refractivity contribution in [3.05, 3.63) is 0 Å². The third-order valence-electron chi connectivity index (χ3n) is 3.96. The third kappa shape index (κ3) is 1.00. The molecule has 68 valence electrons. The zero-order valence-corrected chi connectivity index (χ0v) is 8.81. The molecule has 4 aliphatic carbocycles. The van der Waals surface area contributed by atoms with Crippen molar-refractivity contribution in [2.45, 2.75) is 48.5 Å². The molecule has 0 amide bonds. The monoisotopic (exact) mass is 230 g/mol. The van der Waals surface area contributed by atoms with Crippen LogP contribution in [0.25, 0.3) is 0 Å². The van der Waals surface area contributed by atoms with Crippen molar-refractivity contribution in [2.75, 3.05) is 0 Å². The van der Waals surface area contributed by atoms with Gasteiger partial charge >= 0.3 is 0 Å². The Morgan fingerprint density at radius 3 is 2.08 bits per heavy atom. The average Bonchev–Trinajstić information content (AvgIpc) is 1.75. The highest BCUT2D eigenvalue weighted by molar-refractivity contribution is 9.10. The van der Waals surface area contributed by atoms with E-state index in [0.29, 0.717) is 4.32 Å². The Balaban J connectivity index is 1.98. The van der Waals surface area contributed by atoms with Crippen molar-refractivity contribution in [3.8, 4) is 0 Å². The topological polar surface area (TPSA) is 20.2 Å². The maximum absolute atomic E-state index is 10.2. The molecule has 4 saturated carbocycles. The van der Waals surface area contributed by atoms with Gasteiger partial charge in [0, 0.05) is 4.32 Å². The van der Waals surface area contributed by atoms with Crippen LogP contribution in [0.1, 0.15) is 38.5 Å². The molecule has 0 aromatic carbocycles. The summed E-state index contributed by atoms with van der Waals surface area (Å²) in [7, 11) is 0. The van der Waals surface area contributed by atoms with Gasteiger partial charge in [0.05, 0.1) is 5.60 Å². The second-order valence-electron chi connectivity index (χ2n) is 5.34. The summed E-state index contributed by atoms with van der Waals surface area (Å²) in [6.45, 7) is 0. The first-order chi connectivity index (χ1) is 5.57. The number of aliphatic hydroxyl groups is 1. The van der Waals surface area contributed by atoms with Gasteiger partial charge in [0.2, 0.25) is 0 Å². The van der Waals surface area contributed by atoms with Crippen LogP contribution in [0.4, 0.5) is 0 Å². The maximum Gasteiger partial charge on any atom is 0.0666 e. The lowest BCUT2D eigenvalue weighted by molar-refractivity contribution is -0.112. The van der Waals surface area contributed by atoms with Crippen LogP contribution in [0, 0.1) is 11.8 Å². The molecule has 2 heteroatoms. The first kappa shape index (κ1) is 7.81. The van der Waals surface area contributed by atoms with E-state index in [1.807, 2.05) is 0 Å².